The third-order valence-corrected chi connectivity index (χ3v) is 6.86. The normalized spacial score (nSPS) is 22.5. The molecule has 0 aliphatic carbocycles. The zero-order valence-electron chi connectivity index (χ0n) is 14.2. The van der Waals surface area contributed by atoms with Crippen molar-refractivity contribution >= 4 is 30.6 Å². The Morgan fingerprint density at radius 2 is 1.95 bits per heavy atom. The molecular formula is C17H25BrNO2Si. The monoisotopic (exact) mass is 382 g/mol. The van der Waals surface area contributed by atoms with Crippen LogP contribution in [0.4, 0.5) is 0 Å². The van der Waals surface area contributed by atoms with Crippen molar-refractivity contribution in [2.75, 3.05) is 13.7 Å². The third kappa shape index (κ3) is 3.25. The number of benzene rings is 1. The Balaban J connectivity index is 2.40. The second-order valence-electron chi connectivity index (χ2n) is 7.18. The van der Waals surface area contributed by atoms with Crippen LogP contribution in [-0.4, -0.2) is 38.8 Å². The lowest BCUT2D eigenvalue weighted by Crippen LogP contribution is -2.43. The molecule has 1 aromatic carbocycles. The van der Waals surface area contributed by atoms with Crippen LogP contribution in [0.5, 0.6) is 5.75 Å². The Morgan fingerprint density at radius 1 is 1.32 bits per heavy atom. The van der Waals surface area contributed by atoms with Gasteiger partial charge in [-0.1, -0.05) is 19.2 Å². The molecule has 1 radical (unpaired) electrons. The molecule has 0 saturated carbocycles. The Hall–Kier alpha value is -0.813. The molecule has 1 fully saturated rings. The number of ether oxygens (including phenoxy) is 1. The molecule has 121 valence electrons. The highest BCUT2D eigenvalue weighted by Gasteiger charge is 2.46. The van der Waals surface area contributed by atoms with Crippen LogP contribution < -0.4 is 4.74 Å². The van der Waals surface area contributed by atoms with Gasteiger partial charge < -0.3 is 9.64 Å². The van der Waals surface area contributed by atoms with Crippen molar-refractivity contribution in [3.63, 3.8) is 0 Å². The van der Waals surface area contributed by atoms with E-state index in [1.165, 1.54) is 5.56 Å². The minimum Gasteiger partial charge on any atom is -0.496 e. The van der Waals surface area contributed by atoms with Gasteiger partial charge in [-0.05, 0) is 54.4 Å². The molecule has 3 nitrogen and oxygen atoms in total. The van der Waals surface area contributed by atoms with Crippen molar-refractivity contribution in [1.82, 2.24) is 4.90 Å². The maximum Gasteiger partial charge on any atom is 0.223 e. The van der Waals surface area contributed by atoms with Crippen LogP contribution in [0.15, 0.2) is 22.7 Å². The van der Waals surface area contributed by atoms with E-state index in [0.29, 0.717) is 5.91 Å². The molecular weight excluding hydrogens is 358 g/mol. The summed E-state index contributed by atoms with van der Waals surface area (Å²) in [6.07, 6.45) is 0. The van der Waals surface area contributed by atoms with E-state index >= 15 is 0 Å². The van der Waals surface area contributed by atoms with Gasteiger partial charge in [-0.15, -0.1) is 0 Å². The molecule has 0 bridgehead atoms. The summed E-state index contributed by atoms with van der Waals surface area (Å²) in [5.74, 6) is 1.43. The van der Waals surface area contributed by atoms with Crippen LogP contribution in [-0.2, 0) is 4.79 Å². The highest BCUT2D eigenvalue weighted by molar-refractivity contribution is 9.10. The standard InChI is InChI=1S/C17H25BrNO2Si/c1-17(2,3)19-10-12(15(16(19)20)22(5)6)11-7-8-14(21-4)13(18)9-11/h7-9,12,15H,10H2,1-6H3. The number of hydrogen-bond acceptors (Lipinski definition) is 2. The molecule has 1 aliphatic rings. The Labute approximate surface area is 143 Å². The van der Waals surface area contributed by atoms with Crippen molar-refractivity contribution in [2.24, 2.45) is 0 Å². The zero-order chi connectivity index (χ0) is 16.7. The number of carbonyl (C=O) groups excluding carboxylic acids is 1. The van der Waals surface area contributed by atoms with Crippen molar-refractivity contribution in [1.29, 1.82) is 0 Å². The molecule has 1 saturated heterocycles. The number of halogens is 1. The maximum atomic E-state index is 12.9. The summed E-state index contributed by atoms with van der Waals surface area (Å²) in [6.45, 7) is 11.6. The van der Waals surface area contributed by atoms with Gasteiger partial charge in [-0.2, -0.15) is 0 Å². The lowest BCUT2D eigenvalue weighted by atomic mass is 9.97. The Bertz CT molecular complexity index is 568. The van der Waals surface area contributed by atoms with Gasteiger partial charge in [-0.3, -0.25) is 4.79 Å². The van der Waals surface area contributed by atoms with Crippen LogP contribution in [0.2, 0.25) is 18.6 Å². The SMILES string of the molecule is COc1ccc(C2CN(C(C)(C)C)C(=O)C2[Si](C)C)cc1Br. The van der Waals surface area contributed by atoms with E-state index in [4.69, 9.17) is 4.74 Å². The number of likely N-dealkylation sites (tertiary alicyclic amines) is 1. The molecule has 1 heterocycles. The van der Waals surface area contributed by atoms with Crippen molar-refractivity contribution in [2.45, 2.75) is 50.9 Å². The second-order valence-corrected chi connectivity index (χ2v) is 10.8. The molecule has 0 spiro atoms. The van der Waals surface area contributed by atoms with E-state index in [0.717, 1.165) is 16.8 Å². The van der Waals surface area contributed by atoms with Gasteiger partial charge >= 0.3 is 0 Å². The molecule has 2 atom stereocenters. The fourth-order valence-electron chi connectivity index (χ4n) is 3.20. The van der Waals surface area contributed by atoms with Gasteiger partial charge in [0.15, 0.2) is 0 Å². The summed E-state index contributed by atoms with van der Waals surface area (Å²) >= 11 is 3.57. The van der Waals surface area contributed by atoms with E-state index in [9.17, 15) is 4.79 Å². The van der Waals surface area contributed by atoms with Crippen LogP contribution in [0.25, 0.3) is 0 Å². The summed E-state index contributed by atoms with van der Waals surface area (Å²) in [7, 11) is 0.955. The highest BCUT2D eigenvalue weighted by atomic mass is 79.9. The zero-order valence-corrected chi connectivity index (χ0v) is 16.8. The van der Waals surface area contributed by atoms with Crippen LogP contribution in [0.3, 0.4) is 0 Å². The number of rotatable bonds is 3. The average molecular weight is 383 g/mol. The summed E-state index contributed by atoms with van der Waals surface area (Å²) in [6, 6.07) is 6.20. The first-order valence-electron chi connectivity index (χ1n) is 7.61. The topological polar surface area (TPSA) is 29.5 Å². The van der Waals surface area contributed by atoms with Crippen molar-refractivity contribution in [3.05, 3.63) is 28.2 Å². The largest absolute Gasteiger partial charge is 0.496 e. The lowest BCUT2D eigenvalue weighted by Gasteiger charge is -2.32. The number of hydrogen-bond donors (Lipinski definition) is 0. The molecule has 1 amide bonds. The number of methoxy groups -OCH3 is 1. The van der Waals surface area contributed by atoms with Crippen molar-refractivity contribution < 1.29 is 9.53 Å². The van der Waals surface area contributed by atoms with E-state index in [1.807, 2.05) is 6.07 Å². The van der Waals surface area contributed by atoms with Crippen LogP contribution in [0, 0.1) is 0 Å². The Morgan fingerprint density at radius 3 is 2.41 bits per heavy atom. The van der Waals surface area contributed by atoms with E-state index in [2.05, 4.69) is 66.8 Å². The maximum absolute atomic E-state index is 12.9. The van der Waals surface area contributed by atoms with Gasteiger partial charge in [0.25, 0.3) is 0 Å². The second kappa shape index (κ2) is 6.36. The average Bonchev–Trinajstić information content (AvgIpc) is 2.76. The van der Waals surface area contributed by atoms with Gasteiger partial charge in [0.2, 0.25) is 5.91 Å². The van der Waals surface area contributed by atoms with Crippen LogP contribution >= 0.6 is 15.9 Å². The highest BCUT2D eigenvalue weighted by Crippen LogP contribution is 2.44. The molecule has 1 aliphatic heterocycles. The Kier molecular flexibility index (Phi) is 5.07. The van der Waals surface area contributed by atoms with E-state index in [-0.39, 0.29) is 17.0 Å². The molecule has 0 aromatic heterocycles. The summed E-state index contributed by atoms with van der Waals surface area (Å²) in [4.78, 5) is 15.0. The third-order valence-electron chi connectivity index (χ3n) is 4.35. The molecule has 2 unspecified atom stereocenters. The fraction of sp³-hybridized carbons (Fsp3) is 0.588. The molecule has 22 heavy (non-hydrogen) atoms. The number of carbonyl (C=O) groups is 1. The van der Waals surface area contributed by atoms with E-state index < -0.39 is 8.80 Å². The van der Waals surface area contributed by atoms with Gasteiger partial charge in [0.05, 0.1) is 20.4 Å². The molecule has 2 rings (SSSR count). The van der Waals surface area contributed by atoms with Gasteiger partial charge in [0.1, 0.15) is 5.75 Å². The first kappa shape index (κ1) is 17.5. The minimum atomic E-state index is -0.714. The predicted octanol–water partition coefficient (Wildman–Crippen LogP) is 4.31. The van der Waals surface area contributed by atoms with Gasteiger partial charge in [-0.25, -0.2) is 0 Å². The van der Waals surface area contributed by atoms with E-state index in [1.54, 1.807) is 7.11 Å². The van der Waals surface area contributed by atoms with Crippen molar-refractivity contribution in [3.8, 4) is 5.75 Å². The lowest BCUT2D eigenvalue weighted by molar-refractivity contribution is -0.131. The quantitative estimate of drug-likeness (QED) is 0.728. The number of amides is 1. The summed E-state index contributed by atoms with van der Waals surface area (Å²) in [5, 5.41) is 0. The fourth-order valence-corrected chi connectivity index (χ4v) is 5.51. The first-order valence-corrected chi connectivity index (χ1v) is 11.0. The minimum absolute atomic E-state index is 0.120. The predicted molar refractivity (Wildman–Crippen MR) is 96.1 cm³/mol. The molecule has 0 N–H and O–H groups in total. The molecule has 1 aromatic rings. The summed E-state index contributed by atoms with van der Waals surface area (Å²) < 4.78 is 6.27. The molecule has 5 heteroatoms. The summed E-state index contributed by atoms with van der Waals surface area (Å²) in [5.41, 5.74) is 1.25. The number of nitrogens with zero attached hydrogens (tertiary/aromatic N) is 1. The smallest absolute Gasteiger partial charge is 0.223 e. The van der Waals surface area contributed by atoms with Gasteiger partial charge in [0, 0.05) is 23.5 Å². The van der Waals surface area contributed by atoms with Crippen LogP contribution in [0.1, 0.15) is 32.3 Å². The first-order chi connectivity index (χ1) is 10.2.